The van der Waals surface area contributed by atoms with Gasteiger partial charge in [0.15, 0.2) is 5.16 Å². The highest BCUT2D eigenvalue weighted by molar-refractivity contribution is 7.99. The van der Waals surface area contributed by atoms with Gasteiger partial charge >= 0.3 is 5.97 Å². The normalized spacial score (nSPS) is 10.8. The summed E-state index contributed by atoms with van der Waals surface area (Å²) in [5.74, 6) is -0.825. The van der Waals surface area contributed by atoms with Crippen molar-refractivity contribution in [3.05, 3.63) is 35.9 Å². The Labute approximate surface area is 116 Å². The van der Waals surface area contributed by atoms with Crippen LogP contribution in [0, 0.1) is 6.92 Å². The van der Waals surface area contributed by atoms with E-state index in [0.29, 0.717) is 6.54 Å². The van der Waals surface area contributed by atoms with Crippen molar-refractivity contribution in [1.29, 1.82) is 0 Å². The summed E-state index contributed by atoms with van der Waals surface area (Å²) in [4.78, 5) is 15.2. The molecule has 0 radical (unpaired) electrons. The number of aromatic nitrogens is 2. The van der Waals surface area contributed by atoms with E-state index >= 15 is 0 Å². The largest absolute Gasteiger partial charge is 0.481 e. The van der Waals surface area contributed by atoms with Crippen LogP contribution < -0.4 is 0 Å². The molecule has 0 aliphatic rings. The van der Waals surface area contributed by atoms with Crippen LogP contribution in [0.4, 0.5) is 0 Å². The Kier molecular flexibility index (Phi) is 3.95. The Morgan fingerprint density at radius 2 is 2.26 bits per heavy atom. The third-order valence-corrected chi connectivity index (χ3v) is 3.58. The Balaban J connectivity index is 2.47. The van der Waals surface area contributed by atoms with Crippen molar-refractivity contribution >= 4 is 28.8 Å². The van der Waals surface area contributed by atoms with Crippen LogP contribution in [0.25, 0.3) is 11.0 Å². The number of carboxylic acid groups (broad SMARTS) is 1. The molecule has 2 rings (SSSR count). The highest BCUT2D eigenvalue weighted by atomic mass is 32.2. The van der Waals surface area contributed by atoms with Crippen LogP contribution >= 0.6 is 11.8 Å². The minimum atomic E-state index is -0.838. The standard InChI is InChI=1S/C14H16N2O2S/c1-9(2)7-16-12-5-4-10(3)6-11(12)15-14(16)19-8-13(17)18/h4-6H,1,7-8H2,2-3H3,(H,17,18). The smallest absolute Gasteiger partial charge is 0.313 e. The van der Waals surface area contributed by atoms with Crippen LogP contribution in [0.1, 0.15) is 12.5 Å². The summed E-state index contributed by atoms with van der Waals surface area (Å²) < 4.78 is 2.02. The molecule has 19 heavy (non-hydrogen) atoms. The van der Waals surface area contributed by atoms with E-state index in [-0.39, 0.29) is 5.75 Å². The number of nitrogens with zero attached hydrogens (tertiary/aromatic N) is 2. The van der Waals surface area contributed by atoms with Crippen molar-refractivity contribution in [2.24, 2.45) is 0 Å². The predicted molar refractivity (Wildman–Crippen MR) is 77.6 cm³/mol. The van der Waals surface area contributed by atoms with Gasteiger partial charge in [0, 0.05) is 6.54 Å². The number of benzene rings is 1. The molecule has 0 saturated carbocycles. The molecule has 4 nitrogen and oxygen atoms in total. The first kappa shape index (κ1) is 13.7. The summed E-state index contributed by atoms with van der Waals surface area (Å²) in [6.45, 7) is 8.54. The van der Waals surface area contributed by atoms with Gasteiger partial charge in [0.05, 0.1) is 16.8 Å². The summed E-state index contributed by atoms with van der Waals surface area (Å²) in [5, 5.41) is 9.52. The summed E-state index contributed by atoms with van der Waals surface area (Å²) in [5.41, 5.74) is 4.06. The third kappa shape index (κ3) is 3.17. The van der Waals surface area contributed by atoms with Crippen molar-refractivity contribution < 1.29 is 9.90 Å². The number of hydrogen-bond acceptors (Lipinski definition) is 3. The number of allylic oxidation sites excluding steroid dienone is 1. The molecule has 1 heterocycles. The van der Waals surface area contributed by atoms with Gasteiger partial charge in [-0.2, -0.15) is 0 Å². The minimum Gasteiger partial charge on any atom is -0.481 e. The summed E-state index contributed by atoms with van der Waals surface area (Å²) in [6, 6.07) is 6.06. The Hall–Kier alpha value is -1.75. The maximum atomic E-state index is 10.7. The molecule has 2 aromatic rings. The highest BCUT2D eigenvalue weighted by Gasteiger charge is 2.12. The first-order valence-corrected chi connectivity index (χ1v) is 6.92. The van der Waals surface area contributed by atoms with Gasteiger partial charge in [-0.05, 0) is 31.5 Å². The van der Waals surface area contributed by atoms with Crippen LogP contribution in [-0.4, -0.2) is 26.4 Å². The van der Waals surface area contributed by atoms with Gasteiger partial charge in [-0.1, -0.05) is 30.0 Å². The number of hydrogen-bond donors (Lipinski definition) is 1. The minimum absolute atomic E-state index is 0.0124. The molecule has 1 aromatic carbocycles. The van der Waals surface area contributed by atoms with Crippen LogP contribution in [0.3, 0.4) is 0 Å². The van der Waals surface area contributed by atoms with Crippen molar-refractivity contribution in [3.63, 3.8) is 0 Å². The average Bonchev–Trinajstić information content (AvgIpc) is 2.63. The molecular formula is C14H16N2O2S. The molecule has 100 valence electrons. The van der Waals surface area contributed by atoms with E-state index in [4.69, 9.17) is 5.11 Å². The maximum absolute atomic E-state index is 10.7. The molecule has 0 bridgehead atoms. The van der Waals surface area contributed by atoms with E-state index < -0.39 is 5.97 Å². The maximum Gasteiger partial charge on any atom is 0.313 e. The number of rotatable bonds is 5. The molecule has 0 aliphatic carbocycles. The lowest BCUT2D eigenvalue weighted by Gasteiger charge is -2.07. The monoisotopic (exact) mass is 276 g/mol. The molecule has 1 N–H and O–H groups in total. The fraction of sp³-hybridized carbons (Fsp3) is 0.286. The molecule has 0 atom stereocenters. The second-order valence-electron chi connectivity index (χ2n) is 4.61. The molecule has 0 fully saturated rings. The van der Waals surface area contributed by atoms with Crippen LogP contribution in [0.2, 0.25) is 0 Å². The second kappa shape index (κ2) is 5.48. The number of fused-ring (bicyclic) bond motifs is 1. The number of aryl methyl sites for hydroxylation is 1. The van der Waals surface area contributed by atoms with E-state index in [1.54, 1.807) is 0 Å². The highest BCUT2D eigenvalue weighted by Crippen LogP contribution is 2.25. The Morgan fingerprint density at radius 1 is 1.53 bits per heavy atom. The van der Waals surface area contributed by atoms with E-state index in [0.717, 1.165) is 27.3 Å². The lowest BCUT2D eigenvalue weighted by Crippen LogP contribution is -2.03. The number of imidazole rings is 1. The van der Waals surface area contributed by atoms with Gasteiger partial charge in [0.1, 0.15) is 0 Å². The van der Waals surface area contributed by atoms with Gasteiger partial charge < -0.3 is 9.67 Å². The molecule has 5 heteroatoms. The number of carbonyl (C=O) groups is 1. The van der Waals surface area contributed by atoms with Crippen LogP contribution in [0.15, 0.2) is 35.5 Å². The SMILES string of the molecule is C=C(C)Cn1c(SCC(=O)O)nc2cc(C)ccc21. The number of aliphatic carboxylic acids is 1. The molecule has 0 amide bonds. The molecule has 0 spiro atoms. The molecule has 0 unspecified atom stereocenters. The quantitative estimate of drug-likeness (QED) is 0.673. The summed E-state index contributed by atoms with van der Waals surface area (Å²) >= 11 is 1.24. The third-order valence-electron chi connectivity index (χ3n) is 2.62. The van der Waals surface area contributed by atoms with E-state index in [2.05, 4.69) is 11.6 Å². The zero-order chi connectivity index (χ0) is 14.0. The Morgan fingerprint density at radius 3 is 2.89 bits per heavy atom. The first-order chi connectivity index (χ1) is 8.97. The molecule has 0 aliphatic heterocycles. The fourth-order valence-electron chi connectivity index (χ4n) is 1.88. The Bertz CT molecular complexity index is 646. The molecular weight excluding hydrogens is 260 g/mol. The van der Waals surface area contributed by atoms with Crippen molar-refractivity contribution in [1.82, 2.24) is 9.55 Å². The molecule has 1 aromatic heterocycles. The van der Waals surface area contributed by atoms with Crippen molar-refractivity contribution in [3.8, 4) is 0 Å². The topological polar surface area (TPSA) is 55.1 Å². The van der Waals surface area contributed by atoms with Crippen molar-refractivity contribution in [2.45, 2.75) is 25.5 Å². The summed E-state index contributed by atoms with van der Waals surface area (Å²) in [6.07, 6.45) is 0. The zero-order valence-electron chi connectivity index (χ0n) is 11.0. The zero-order valence-corrected chi connectivity index (χ0v) is 11.8. The number of carboxylic acids is 1. The second-order valence-corrected chi connectivity index (χ2v) is 5.55. The van der Waals surface area contributed by atoms with Gasteiger partial charge in [-0.3, -0.25) is 4.79 Å². The van der Waals surface area contributed by atoms with Gasteiger partial charge in [-0.15, -0.1) is 0 Å². The first-order valence-electron chi connectivity index (χ1n) is 5.93. The molecule has 0 saturated heterocycles. The average molecular weight is 276 g/mol. The van der Waals surface area contributed by atoms with E-state index in [1.807, 2.05) is 36.6 Å². The van der Waals surface area contributed by atoms with Crippen molar-refractivity contribution in [2.75, 3.05) is 5.75 Å². The van der Waals surface area contributed by atoms with Gasteiger partial charge in [-0.25, -0.2) is 4.98 Å². The van der Waals surface area contributed by atoms with E-state index in [9.17, 15) is 4.79 Å². The number of thioether (sulfide) groups is 1. The fourth-order valence-corrected chi connectivity index (χ4v) is 2.61. The van der Waals surface area contributed by atoms with E-state index in [1.165, 1.54) is 11.8 Å². The lowest BCUT2D eigenvalue weighted by molar-refractivity contribution is -0.133. The van der Waals surface area contributed by atoms with Crippen LogP contribution in [0.5, 0.6) is 0 Å². The summed E-state index contributed by atoms with van der Waals surface area (Å²) in [7, 11) is 0. The predicted octanol–water partition coefficient (Wildman–Crippen LogP) is 3.10. The van der Waals surface area contributed by atoms with Gasteiger partial charge in [0.2, 0.25) is 0 Å². The van der Waals surface area contributed by atoms with Crippen LogP contribution in [-0.2, 0) is 11.3 Å². The van der Waals surface area contributed by atoms with Gasteiger partial charge in [0.25, 0.3) is 0 Å². The lowest BCUT2D eigenvalue weighted by atomic mass is 10.2.